The van der Waals surface area contributed by atoms with Crippen LogP contribution in [0.4, 0.5) is 0 Å². The van der Waals surface area contributed by atoms with Crippen molar-refractivity contribution in [2.75, 3.05) is 0 Å². The van der Waals surface area contributed by atoms with Crippen molar-refractivity contribution in [3.8, 4) is 0 Å². The average molecular weight is 337 g/mol. The van der Waals surface area contributed by atoms with Crippen molar-refractivity contribution in [3.63, 3.8) is 0 Å². The molecule has 0 unspecified atom stereocenters. The third-order valence-corrected chi connectivity index (χ3v) is 9.54. The molecule has 24 heavy (non-hydrogen) atoms. The smallest absolute Gasteiger partial charge is 0.0958 e. The van der Waals surface area contributed by atoms with Gasteiger partial charge in [-0.15, -0.1) is 0 Å². The van der Waals surface area contributed by atoms with E-state index in [1.807, 2.05) is 0 Å². The van der Waals surface area contributed by atoms with Crippen molar-refractivity contribution >= 4 is 0 Å². The highest BCUT2D eigenvalue weighted by molar-refractivity contribution is 5.15. The summed E-state index contributed by atoms with van der Waals surface area (Å²) in [5.41, 5.74) is -0.641. The standard InChI is InChI=1S/C21H36O3/c1-13(22)21(24)11-8-18-16-5-4-14-12-15(23)6-9-19(14,2)17(16)7-10-20(18,21)3/h13-18,22-24H,4-12H2,1-3H3/t13-,14-,15+,16+,17-,18-,19-,20-,21-/m1/s1. The first kappa shape index (κ1) is 17.3. The number of aliphatic hydroxyl groups is 3. The van der Waals surface area contributed by atoms with Crippen molar-refractivity contribution in [2.45, 2.75) is 96.4 Å². The van der Waals surface area contributed by atoms with Gasteiger partial charge in [0.15, 0.2) is 0 Å². The van der Waals surface area contributed by atoms with Gasteiger partial charge in [0.25, 0.3) is 0 Å². The Labute approximate surface area is 146 Å². The van der Waals surface area contributed by atoms with Gasteiger partial charge in [0.1, 0.15) is 0 Å². The molecular formula is C21H36O3. The van der Waals surface area contributed by atoms with E-state index in [1.165, 1.54) is 25.7 Å². The van der Waals surface area contributed by atoms with Crippen LogP contribution < -0.4 is 0 Å². The Morgan fingerprint density at radius 2 is 1.62 bits per heavy atom. The van der Waals surface area contributed by atoms with Crippen LogP contribution in [-0.2, 0) is 0 Å². The molecule has 3 N–H and O–H groups in total. The zero-order valence-corrected chi connectivity index (χ0v) is 15.7. The lowest BCUT2D eigenvalue weighted by molar-refractivity contribution is -0.186. The second-order valence-electron chi connectivity index (χ2n) is 10.2. The van der Waals surface area contributed by atoms with Crippen LogP contribution in [0.2, 0.25) is 0 Å². The van der Waals surface area contributed by atoms with Crippen LogP contribution in [0, 0.1) is 34.5 Å². The van der Waals surface area contributed by atoms with Crippen LogP contribution >= 0.6 is 0 Å². The van der Waals surface area contributed by atoms with Gasteiger partial charge in [-0.25, -0.2) is 0 Å². The van der Waals surface area contributed by atoms with Crippen LogP contribution in [0.3, 0.4) is 0 Å². The van der Waals surface area contributed by atoms with Crippen molar-refractivity contribution in [2.24, 2.45) is 34.5 Å². The number of aliphatic hydroxyl groups excluding tert-OH is 2. The minimum atomic E-state index is -0.900. The summed E-state index contributed by atoms with van der Waals surface area (Å²) in [6.07, 6.45) is 8.99. The summed E-state index contributed by atoms with van der Waals surface area (Å²) in [5, 5.41) is 31.7. The summed E-state index contributed by atoms with van der Waals surface area (Å²) < 4.78 is 0. The molecule has 0 amide bonds. The second-order valence-corrected chi connectivity index (χ2v) is 10.2. The molecule has 3 nitrogen and oxygen atoms in total. The van der Waals surface area contributed by atoms with E-state index >= 15 is 0 Å². The SMILES string of the molecule is C[C@@H](O)[C@]1(O)CC[C@@H]2[C@H]3CC[C@@H]4C[C@@H](O)CC[C@@]4(C)[C@@H]3CC[C@]21C. The zero-order valence-electron chi connectivity index (χ0n) is 15.7. The topological polar surface area (TPSA) is 60.7 Å². The Morgan fingerprint density at radius 3 is 2.33 bits per heavy atom. The molecule has 3 heteroatoms. The molecule has 0 spiro atoms. The third kappa shape index (κ3) is 2.07. The maximum atomic E-state index is 11.3. The molecule has 4 fully saturated rings. The minimum Gasteiger partial charge on any atom is -0.393 e. The van der Waals surface area contributed by atoms with Gasteiger partial charge in [-0.1, -0.05) is 13.8 Å². The Hall–Kier alpha value is -0.120. The van der Waals surface area contributed by atoms with E-state index in [1.54, 1.807) is 6.92 Å². The monoisotopic (exact) mass is 336 g/mol. The summed E-state index contributed by atoms with van der Waals surface area (Å²) in [5.74, 6) is 2.69. The average Bonchev–Trinajstić information content (AvgIpc) is 2.81. The first-order chi connectivity index (χ1) is 11.2. The first-order valence-corrected chi connectivity index (χ1v) is 10.3. The van der Waals surface area contributed by atoms with Crippen LogP contribution in [0.1, 0.15) is 78.6 Å². The Bertz CT molecular complexity index is 505. The fraction of sp³-hybridized carbons (Fsp3) is 1.00. The largest absolute Gasteiger partial charge is 0.393 e. The number of hydrogen-bond donors (Lipinski definition) is 3. The Kier molecular flexibility index (Phi) is 3.92. The molecule has 0 aromatic rings. The Morgan fingerprint density at radius 1 is 0.917 bits per heavy atom. The highest BCUT2D eigenvalue weighted by atomic mass is 16.3. The van der Waals surface area contributed by atoms with E-state index in [4.69, 9.17) is 0 Å². The lowest BCUT2D eigenvalue weighted by Crippen LogP contribution is -2.59. The molecule has 4 aliphatic carbocycles. The number of rotatable bonds is 1. The predicted octanol–water partition coefficient (Wildman–Crippen LogP) is 3.50. The van der Waals surface area contributed by atoms with Crippen molar-refractivity contribution in [1.29, 1.82) is 0 Å². The van der Waals surface area contributed by atoms with Crippen LogP contribution in [0.25, 0.3) is 0 Å². The summed E-state index contributed by atoms with van der Waals surface area (Å²) >= 11 is 0. The normalized spacial score (nSPS) is 58.5. The lowest BCUT2D eigenvalue weighted by Gasteiger charge is -2.61. The molecule has 0 heterocycles. The fourth-order valence-corrected chi connectivity index (χ4v) is 7.97. The fourth-order valence-electron chi connectivity index (χ4n) is 7.97. The van der Waals surface area contributed by atoms with E-state index in [0.29, 0.717) is 23.2 Å². The van der Waals surface area contributed by atoms with E-state index < -0.39 is 11.7 Å². The Balaban J connectivity index is 1.63. The summed E-state index contributed by atoms with van der Waals surface area (Å²) in [6.45, 7) is 6.53. The molecule has 4 aliphatic rings. The predicted molar refractivity (Wildman–Crippen MR) is 94.4 cm³/mol. The van der Waals surface area contributed by atoms with Gasteiger partial charge in [0.2, 0.25) is 0 Å². The van der Waals surface area contributed by atoms with E-state index in [0.717, 1.165) is 38.0 Å². The molecule has 0 aromatic heterocycles. The minimum absolute atomic E-state index is 0.0831. The van der Waals surface area contributed by atoms with E-state index in [2.05, 4.69) is 13.8 Å². The van der Waals surface area contributed by atoms with Crippen molar-refractivity contribution < 1.29 is 15.3 Å². The summed E-state index contributed by atoms with van der Waals surface area (Å²) in [4.78, 5) is 0. The third-order valence-electron chi connectivity index (χ3n) is 9.54. The molecule has 0 radical (unpaired) electrons. The molecule has 0 aromatic carbocycles. The van der Waals surface area contributed by atoms with Gasteiger partial charge in [0.05, 0.1) is 17.8 Å². The molecule has 0 aliphatic heterocycles. The van der Waals surface area contributed by atoms with Crippen molar-refractivity contribution in [3.05, 3.63) is 0 Å². The van der Waals surface area contributed by atoms with Crippen molar-refractivity contribution in [1.82, 2.24) is 0 Å². The van der Waals surface area contributed by atoms with Crippen LogP contribution in [0.15, 0.2) is 0 Å². The molecular weight excluding hydrogens is 300 g/mol. The highest BCUT2D eigenvalue weighted by Gasteiger charge is 2.65. The van der Waals surface area contributed by atoms with Crippen LogP contribution in [-0.4, -0.2) is 33.1 Å². The zero-order chi connectivity index (χ0) is 17.3. The first-order valence-electron chi connectivity index (χ1n) is 10.3. The van der Waals surface area contributed by atoms with Crippen LogP contribution in [0.5, 0.6) is 0 Å². The lowest BCUT2D eigenvalue weighted by atomic mass is 9.44. The number of fused-ring (bicyclic) bond motifs is 5. The van der Waals surface area contributed by atoms with E-state index in [-0.39, 0.29) is 11.5 Å². The number of hydrogen-bond acceptors (Lipinski definition) is 3. The summed E-state index contributed by atoms with van der Waals surface area (Å²) in [6, 6.07) is 0. The highest BCUT2D eigenvalue weighted by Crippen LogP contribution is 2.68. The molecule has 0 saturated heterocycles. The van der Waals surface area contributed by atoms with Gasteiger partial charge < -0.3 is 15.3 Å². The van der Waals surface area contributed by atoms with Gasteiger partial charge in [-0.3, -0.25) is 0 Å². The summed E-state index contributed by atoms with van der Waals surface area (Å²) in [7, 11) is 0. The quantitative estimate of drug-likeness (QED) is 0.687. The maximum Gasteiger partial charge on any atom is 0.0958 e. The molecule has 9 atom stereocenters. The van der Waals surface area contributed by atoms with Gasteiger partial charge >= 0.3 is 0 Å². The molecule has 138 valence electrons. The molecule has 4 rings (SSSR count). The van der Waals surface area contributed by atoms with Gasteiger partial charge in [-0.05, 0) is 93.8 Å². The van der Waals surface area contributed by atoms with E-state index in [9.17, 15) is 15.3 Å². The van der Waals surface area contributed by atoms with Gasteiger partial charge in [0, 0.05) is 5.41 Å². The maximum absolute atomic E-state index is 11.3. The van der Waals surface area contributed by atoms with Gasteiger partial charge in [-0.2, -0.15) is 0 Å². The molecule has 0 bridgehead atoms. The molecule has 4 saturated carbocycles. The second kappa shape index (κ2) is 5.44.